The average Bonchev–Trinajstić information content (AvgIpc) is 2.89. The first kappa shape index (κ1) is 16.2. The zero-order valence-electron chi connectivity index (χ0n) is 10.8. The molecule has 0 radical (unpaired) electrons. The van der Waals surface area contributed by atoms with Crippen LogP contribution < -0.4 is 0 Å². The molecular formula is C12H11Cl3N2O5. The van der Waals surface area contributed by atoms with Gasteiger partial charge in [0.15, 0.2) is 6.10 Å². The van der Waals surface area contributed by atoms with Gasteiger partial charge in [-0.3, -0.25) is 4.57 Å². The number of aliphatic hydroxyl groups is 4. The van der Waals surface area contributed by atoms with Crippen LogP contribution in [0.4, 0.5) is 0 Å². The van der Waals surface area contributed by atoms with E-state index < -0.39 is 30.8 Å². The van der Waals surface area contributed by atoms with Crippen LogP contribution in [-0.4, -0.2) is 54.9 Å². The van der Waals surface area contributed by atoms with Crippen LogP contribution in [-0.2, 0) is 10.6 Å². The predicted octanol–water partition coefficient (Wildman–Crippen LogP) is 0.712. The van der Waals surface area contributed by atoms with E-state index >= 15 is 0 Å². The van der Waals surface area contributed by atoms with Crippen LogP contribution >= 0.6 is 34.8 Å². The lowest BCUT2D eigenvalue weighted by atomic mass is 10.1. The summed E-state index contributed by atoms with van der Waals surface area (Å²) in [6.45, 7) is -0.600. The summed E-state index contributed by atoms with van der Waals surface area (Å²) >= 11 is 17.9. The molecule has 0 bridgehead atoms. The number of hydrogen-bond donors (Lipinski definition) is 4. The van der Waals surface area contributed by atoms with E-state index in [-0.39, 0.29) is 20.8 Å². The summed E-state index contributed by atoms with van der Waals surface area (Å²) in [5.74, 6) is -2.41. The third-order valence-electron chi connectivity index (χ3n) is 3.57. The van der Waals surface area contributed by atoms with Crippen molar-refractivity contribution < 1.29 is 25.2 Å². The Labute approximate surface area is 139 Å². The first-order valence-electron chi connectivity index (χ1n) is 6.20. The second kappa shape index (κ2) is 5.47. The van der Waals surface area contributed by atoms with E-state index in [2.05, 4.69) is 4.98 Å². The number of aromatic nitrogens is 2. The van der Waals surface area contributed by atoms with Crippen molar-refractivity contribution in [3.8, 4) is 0 Å². The predicted molar refractivity (Wildman–Crippen MR) is 78.9 cm³/mol. The quantitative estimate of drug-likeness (QED) is 0.621. The maximum absolute atomic E-state index is 10.7. The molecule has 1 aromatic heterocycles. The maximum Gasteiger partial charge on any atom is 0.286 e. The summed E-state index contributed by atoms with van der Waals surface area (Å²) in [4.78, 5) is 4.01. The summed E-state index contributed by atoms with van der Waals surface area (Å²) in [6, 6.07) is 2.83. The van der Waals surface area contributed by atoms with Crippen molar-refractivity contribution in [2.75, 3.05) is 6.61 Å². The molecule has 7 nitrogen and oxygen atoms in total. The summed E-state index contributed by atoms with van der Waals surface area (Å²) in [6.07, 6.45) is -4.45. The number of halogens is 3. The Morgan fingerprint density at radius 3 is 2.45 bits per heavy atom. The standard InChI is InChI=1S/C12H11Cl3N2O5/c13-4-1-6-7(2-5(4)14)17(11(15)16-6)12(21)10(20)9(19)8(3-18)22-12/h1-2,8-10,18-21H,3H2/t8-,9-,10-,12+/m1/s1. The number of rotatable bonds is 2. The smallest absolute Gasteiger partial charge is 0.286 e. The molecule has 1 saturated heterocycles. The summed E-state index contributed by atoms with van der Waals surface area (Å²) < 4.78 is 6.18. The van der Waals surface area contributed by atoms with Gasteiger partial charge in [0.25, 0.3) is 5.91 Å². The van der Waals surface area contributed by atoms with Crippen LogP contribution in [0.1, 0.15) is 0 Å². The minimum absolute atomic E-state index is 0.183. The first-order valence-corrected chi connectivity index (χ1v) is 7.33. The summed E-state index contributed by atoms with van der Waals surface area (Å²) in [5, 5.41) is 39.9. The molecule has 1 aliphatic heterocycles. The minimum atomic E-state index is -2.41. The van der Waals surface area contributed by atoms with Gasteiger partial charge in [-0.25, -0.2) is 4.98 Å². The Bertz CT molecular complexity index is 739. The van der Waals surface area contributed by atoms with Crippen molar-refractivity contribution >= 4 is 45.8 Å². The van der Waals surface area contributed by atoms with Crippen LogP contribution in [0.3, 0.4) is 0 Å². The number of hydrogen-bond acceptors (Lipinski definition) is 6. The molecule has 0 spiro atoms. The fourth-order valence-electron chi connectivity index (χ4n) is 2.47. The van der Waals surface area contributed by atoms with Gasteiger partial charge >= 0.3 is 0 Å². The molecule has 4 N–H and O–H groups in total. The van der Waals surface area contributed by atoms with Crippen LogP contribution in [0.5, 0.6) is 0 Å². The first-order chi connectivity index (χ1) is 10.3. The third-order valence-corrected chi connectivity index (χ3v) is 4.55. The van der Waals surface area contributed by atoms with E-state index in [0.717, 1.165) is 4.57 Å². The van der Waals surface area contributed by atoms with Crippen molar-refractivity contribution in [1.82, 2.24) is 9.55 Å². The van der Waals surface area contributed by atoms with Gasteiger partial charge in [0.2, 0.25) is 5.28 Å². The second-order valence-electron chi connectivity index (χ2n) is 4.90. The molecule has 0 saturated carbocycles. The molecule has 0 unspecified atom stereocenters. The van der Waals surface area contributed by atoms with E-state index in [1.54, 1.807) is 0 Å². The van der Waals surface area contributed by atoms with Gasteiger partial charge in [0.05, 0.1) is 27.7 Å². The minimum Gasteiger partial charge on any atom is -0.394 e. The number of nitrogens with zero attached hydrogens (tertiary/aromatic N) is 2. The Morgan fingerprint density at radius 2 is 1.86 bits per heavy atom. The van der Waals surface area contributed by atoms with Gasteiger partial charge in [0.1, 0.15) is 12.2 Å². The Kier molecular flexibility index (Phi) is 4.03. The van der Waals surface area contributed by atoms with Crippen molar-refractivity contribution in [2.45, 2.75) is 24.2 Å². The van der Waals surface area contributed by atoms with Gasteiger partial charge in [-0.05, 0) is 23.7 Å². The van der Waals surface area contributed by atoms with Crippen molar-refractivity contribution in [3.63, 3.8) is 0 Å². The zero-order chi connectivity index (χ0) is 16.2. The highest BCUT2D eigenvalue weighted by Gasteiger charge is 2.56. The van der Waals surface area contributed by atoms with Crippen molar-refractivity contribution in [1.29, 1.82) is 0 Å². The molecule has 0 aliphatic carbocycles. The molecule has 2 aromatic rings. The van der Waals surface area contributed by atoms with Crippen molar-refractivity contribution in [2.24, 2.45) is 0 Å². The molecule has 3 rings (SSSR count). The maximum atomic E-state index is 10.7. The molecule has 1 aliphatic rings. The molecular weight excluding hydrogens is 359 g/mol. The summed E-state index contributed by atoms with van der Waals surface area (Å²) in [5.41, 5.74) is 0.553. The molecule has 2 heterocycles. The molecule has 4 atom stereocenters. The number of fused-ring (bicyclic) bond motifs is 1. The fourth-order valence-corrected chi connectivity index (χ4v) is 3.09. The Hall–Kier alpha value is -0.640. The van der Waals surface area contributed by atoms with Crippen molar-refractivity contribution in [3.05, 3.63) is 27.5 Å². The molecule has 120 valence electrons. The van der Waals surface area contributed by atoms with Gasteiger partial charge in [-0.1, -0.05) is 23.2 Å². The normalized spacial score (nSPS) is 32.0. The van der Waals surface area contributed by atoms with E-state index in [4.69, 9.17) is 44.6 Å². The Balaban J connectivity index is 2.21. The third kappa shape index (κ3) is 2.21. The molecule has 22 heavy (non-hydrogen) atoms. The van der Waals surface area contributed by atoms with E-state index in [1.807, 2.05) is 0 Å². The van der Waals surface area contributed by atoms with E-state index in [9.17, 15) is 15.3 Å². The highest BCUT2D eigenvalue weighted by atomic mass is 35.5. The number of benzene rings is 1. The summed E-state index contributed by atoms with van der Waals surface area (Å²) in [7, 11) is 0. The van der Waals surface area contributed by atoms with Gasteiger partial charge in [-0.2, -0.15) is 0 Å². The lowest BCUT2D eigenvalue weighted by Gasteiger charge is -2.28. The van der Waals surface area contributed by atoms with Crippen LogP contribution in [0.2, 0.25) is 15.3 Å². The topological polar surface area (TPSA) is 108 Å². The molecule has 0 amide bonds. The SMILES string of the molecule is OC[C@H]1O[C@](O)(n2c(Cl)nc3cc(Cl)c(Cl)cc32)[C@H](O)[C@@H]1O. The van der Waals surface area contributed by atoms with E-state index in [1.165, 1.54) is 12.1 Å². The highest BCUT2D eigenvalue weighted by Crippen LogP contribution is 2.39. The average molecular weight is 370 g/mol. The van der Waals surface area contributed by atoms with E-state index in [0.29, 0.717) is 5.52 Å². The Morgan fingerprint density at radius 1 is 1.23 bits per heavy atom. The number of ether oxygens (including phenoxy) is 1. The molecule has 1 aromatic carbocycles. The molecule has 10 heteroatoms. The lowest BCUT2D eigenvalue weighted by Crippen LogP contribution is -2.45. The zero-order valence-corrected chi connectivity index (χ0v) is 13.1. The molecule has 1 fully saturated rings. The largest absolute Gasteiger partial charge is 0.394 e. The van der Waals surface area contributed by atoms with Gasteiger partial charge in [0, 0.05) is 0 Å². The van der Waals surface area contributed by atoms with Crippen LogP contribution in [0.15, 0.2) is 12.1 Å². The number of aliphatic hydroxyl groups excluding tert-OH is 3. The van der Waals surface area contributed by atoms with Gasteiger partial charge < -0.3 is 25.2 Å². The van der Waals surface area contributed by atoms with Crippen LogP contribution in [0.25, 0.3) is 11.0 Å². The lowest BCUT2D eigenvalue weighted by molar-refractivity contribution is -0.286. The second-order valence-corrected chi connectivity index (χ2v) is 6.06. The number of imidazole rings is 1. The highest BCUT2D eigenvalue weighted by molar-refractivity contribution is 6.42. The van der Waals surface area contributed by atoms with Gasteiger partial charge in [-0.15, -0.1) is 0 Å². The van der Waals surface area contributed by atoms with Crippen LogP contribution in [0, 0.1) is 0 Å². The fraction of sp³-hybridized carbons (Fsp3) is 0.417. The monoisotopic (exact) mass is 368 g/mol.